The second-order valence-corrected chi connectivity index (χ2v) is 13.5. The zero-order valence-electron chi connectivity index (χ0n) is 32.5. The fourth-order valence-electron chi connectivity index (χ4n) is 6.22. The van der Waals surface area contributed by atoms with E-state index in [2.05, 4.69) is 67.8 Å². The van der Waals surface area contributed by atoms with Gasteiger partial charge >= 0.3 is 0 Å². The predicted molar refractivity (Wildman–Crippen MR) is 211 cm³/mol. The summed E-state index contributed by atoms with van der Waals surface area (Å²) in [6.45, 7) is 10.3. The molecule has 1 aliphatic rings. The molecule has 1 aliphatic heterocycles. The minimum Gasteiger partial charge on any atom is -0.347 e. The Morgan fingerprint density at radius 3 is 1.32 bits per heavy atom. The van der Waals surface area contributed by atoms with E-state index in [1.165, 1.54) is 141 Å². The third-order valence-corrected chi connectivity index (χ3v) is 9.15. The van der Waals surface area contributed by atoms with Gasteiger partial charge in [-0.15, -0.1) is 0 Å². The lowest BCUT2D eigenvalue weighted by molar-refractivity contribution is -0.179. The lowest BCUT2D eigenvalue weighted by Crippen LogP contribution is -2.31. The van der Waals surface area contributed by atoms with Crippen molar-refractivity contribution < 1.29 is 9.47 Å². The second kappa shape index (κ2) is 37.7. The van der Waals surface area contributed by atoms with Crippen LogP contribution >= 0.6 is 0 Å². The Labute approximate surface area is 295 Å². The fourth-order valence-corrected chi connectivity index (χ4v) is 6.22. The van der Waals surface area contributed by atoms with Gasteiger partial charge in [0.1, 0.15) is 0 Å². The van der Waals surface area contributed by atoms with E-state index in [9.17, 15) is 0 Å². The van der Waals surface area contributed by atoms with Gasteiger partial charge in [0.2, 0.25) is 0 Å². The summed E-state index contributed by atoms with van der Waals surface area (Å²) in [5, 5.41) is 3.28. The topological polar surface area (TPSA) is 30.5 Å². The SMILES string of the molecule is CC.CCCCC/C=C\C/C=C\CCCCCCCCC1(CCCCCCCC/C=C\C/C=C\CCCCC)OCC(CCNC)O1. The van der Waals surface area contributed by atoms with Gasteiger partial charge in [-0.3, -0.25) is 0 Å². The van der Waals surface area contributed by atoms with Crippen LogP contribution in [-0.2, 0) is 9.47 Å². The van der Waals surface area contributed by atoms with E-state index in [0.29, 0.717) is 0 Å². The largest absolute Gasteiger partial charge is 0.347 e. The van der Waals surface area contributed by atoms with Crippen LogP contribution in [0.25, 0.3) is 0 Å². The molecule has 0 saturated carbocycles. The first-order valence-corrected chi connectivity index (χ1v) is 20.8. The first-order valence-electron chi connectivity index (χ1n) is 20.8. The number of nitrogens with one attached hydrogen (secondary N) is 1. The van der Waals surface area contributed by atoms with Gasteiger partial charge in [0.15, 0.2) is 5.79 Å². The molecule has 0 aromatic carbocycles. The molecule has 1 N–H and O–H groups in total. The van der Waals surface area contributed by atoms with Crippen LogP contribution in [0.4, 0.5) is 0 Å². The molecule has 0 aromatic heterocycles. The van der Waals surface area contributed by atoms with Crippen LogP contribution in [0.2, 0.25) is 0 Å². The van der Waals surface area contributed by atoms with Gasteiger partial charge in [-0.1, -0.05) is 153 Å². The molecule has 0 bridgehead atoms. The standard InChI is InChI=1S/C42H77NO2.C2H6/c1-4-6-8-10-12-14-16-18-20-22-24-26-28-30-32-34-37-42(44-40-41(45-42)36-39-43-3)38-35-33-31-29-27-25-23-21-19-17-15-13-11-9-7-5-2;1-2/h12-15,18-21,41,43H,4-11,16-17,22-40H2,1-3H3;1-2H3/b14-12-,15-13-,20-18-,21-19-;. The van der Waals surface area contributed by atoms with E-state index in [1.54, 1.807) is 0 Å². The van der Waals surface area contributed by atoms with E-state index in [1.807, 2.05) is 20.9 Å². The molecule has 1 atom stereocenters. The van der Waals surface area contributed by atoms with E-state index < -0.39 is 0 Å². The maximum Gasteiger partial charge on any atom is 0.168 e. The van der Waals surface area contributed by atoms with Crippen molar-refractivity contribution in [3.8, 4) is 0 Å². The van der Waals surface area contributed by atoms with Gasteiger partial charge in [-0.2, -0.15) is 0 Å². The van der Waals surface area contributed by atoms with Gasteiger partial charge in [0, 0.05) is 12.8 Å². The Bertz CT molecular complexity index is 676. The normalized spacial score (nSPS) is 16.3. The summed E-state index contributed by atoms with van der Waals surface area (Å²) in [5.41, 5.74) is 0. The number of hydrogen-bond acceptors (Lipinski definition) is 3. The van der Waals surface area contributed by atoms with Crippen LogP contribution < -0.4 is 5.32 Å². The van der Waals surface area contributed by atoms with Crippen molar-refractivity contribution in [2.45, 2.75) is 213 Å². The first-order chi connectivity index (χ1) is 23.3. The second-order valence-electron chi connectivity index (χ2n) is 13.5. The smallest absolute Gasteiger partial charge is 0.168 e. The van der Waals surface area contributed by atoms with Crippen molar-refractivity contribution >= 4 is 0 Å². The van der Waals surface area contributed by atoms with Gasteiger partial charge in [0.25, 0.3) is 0 Å². The molecular weight excluding hydrogens is 574 g/mol. The highest BCUT2D eigenvalue weighted by molar-refractivity contribution is 4.93. The molecule has 1 unspecified atom stereocenters. The van der Waals surface area contributed by atoms with Crippen LogP contribution in [0.15, 0.2) is 48.6 Å². The number of allylic oxidation sites excluding steroid dienone is 8. The minimum atomic E-state index is -0.317. The summed E-state index contributed by atoms with van der Waals surface area (Å²) in [4.78, 5) is 0. The lowest BCUT2D eigenvalue weighted by Gasteiger charge is -2.28. The van der Waals surface area contributed by atoms with Crippen LogP contribution in [-0.4, -0.2) is 32.1 Å². The molecule has 0 aliphatic carbocycles. The molecular formula is C44H83NO2. The van der Waals surface area contributed by atoms with Gasteiger partial charge in [-0.25, -0.2) is 0 Å². The Morgan fingerprint density at radius 1 is 0.532 bits per heavy atom. The summed E-state index contributed by atoms with van der Waals surface area (Å²) < 4.78 is 13.0. The van der Waals surface area contributed by atoms with Crippen LogP contribution in [0.3, 0.4) is 0 Å². The Morgan fingerprint density at radius 2 is 0.915 bits per heavy atom. The summed E-state index contributed by atoms with van der Waals surface area (Å²) >= 11 is 0. The average Bonchev–Trinajstić information content (AvgIpc) is 3.50. The Hall–Kier alpha value is -1.16. The van der Waals surface area contributed by atoms with Crippen molar-refractivity contribution in [1.29, 1.82) is 0 Å². The van der Waals surface area contributed by atoms with Crippen molar-refractivity contribution in [1.82, 2.24) is 5.32 Å². The molecule has 1 fully saturated rings. The molecule has 276 valence electrons. The van der Waals surface area contributed by atoms with Crippen molar-refractivity contribution in [3.63, 3.8) is 0 Å². The summed E-state index contributed by atoms with van der Waals surface area (Å²) in [6.07, 6.45) is 53.3. The van der Waals surface area contributed by atoms with Gasteiger partial charge in [0.05, 0.1) is 12.7 Å². The zero-order chi connectivity index (χ0) is 34.4. The molecule has 0 amide bonds. The van der Waals surface area contributed by atoms with Gasteiger partial charge < -0.3 is 14.8 Å². The fraction of sp³-hybridized carbons (Fsp3) is 0.818. The molecule has 1 rings (SSSR count). The maximum atomic E-state index is 6.61. The Kier molecular flexibility index (Phi) is 36.7. The number of ether oxygens (including phenoxy) is 2. The number of rotatable bonds is 33. The van der Waals surface area contributed by atoms with Crippen LogP contribution in [0.1, 0.15) is 201 Å². The molecule has 1 heterocycles. The third-order valence-electron chi connectivity index (χ3n) is 9.15. The third kappa shape index (κ3) is 30.6. The van der Waals surface area contributed by atoms with Crippen molar-refractivity contribution in [2.24, 2.45) is 0 Å². The van der Waals surface area contributed by atoms with E-state index in [4.69, 9.17) is 9.47 Å². The maximum absolute atomic E-state index is 6.61. The molecule has 0 aromatic rings. The van der Waals surface area contributed by atoms with Crippen LogP contribution in [0, 0.1) is 0 Å². The first kappa shape index (κ1) is 45.8. The Balaban J connectivity index is 0.0000104. The molecule has 3 nitrogen and oxygen atoms in total. The number of hydrogen-bond donors (Lipinski definition) is 1. The molecule has 3 heteroatoms. The van der Waals surface area contributed by atoms with Gasteiger partial charge in [-0.05, 0) is 97.1 Å². The summed E-state index contributed by atoms with van der Waals surface area (Å²) in [7, 11) is 2.03. The average molecular weight is 658 g/mol. The van der Waals surface area contributed by atoms with Crippen LogP contribution in [0.5, 0.6) is 0 Å². The predicted octanol–water partition coefficient (Wildman–Crippen LogP) is 14.1. The monoisotopic (exact) mass is 658 g/mol. The van der Waals surface area contributed by atoms with Crippen molar-refractivity contribution in [3.05, 3.63) is 48.6 Å². The van der Waals surface area contributed by atoms with E-state index in [0.717, 1.165) is 45.3 Å². The zero-order valence-corrected chi connectivity index (χ0v) is 32.5. The summed E-state index contributed by atoms with van der Waals surface area (Å²) in [5.74, 6) is -0.317. The van der Waals surface area contributed by atoms with E-state index in [-0.39, 0.29) is 11.9 Å². The molecule has 47 heavy (non-hydrogen) atoms. The molecule has 0 radical (unpaired) electrons. The number of unbranched alkanes of at least 4 members (excludes halogenated alkanes) is 18. The molecule has 1 saturated heterocycles. The van der Waals surface area contributed by atoms with E-state index >= 15 is 0 Å². The van der Waals surface area contributed by atoms with Crippen molar-refractivity contribution in [2.75, 3.05) is 20.2 Å². The minimum absolute atomic E-state index is 0.256. The quantitative estimate of drug-likeness (QED) is 0.0563. The lowest BCUT2D eigenvalue weighted by atomic mass is 9.98. The highest BCUT2D eigenvalue weighted by Gasteiger charge is 2.40. The summed E-state index contributed by atoms with van der Waals surface area (Å²) in [6, 6.07) is 0. The molecule has 0 spiro atoms. The highest BCUT2D eigenvalue weighted by atomic mass is 16.7. The highest BCUT2D eigenvalue weighted by Crippen LogP contribution is 2.35.